The Morgan fingerprint density at radius 1 is 0.904 bits per heavy atom. The molecule has 1 heterocycles. The van der Waals surface area contributed by atoms with Gasteiger partial charge in [-0.2, -0.15) is 0 Å². The van der Waals surface area contributed by atoms with Crippen molar-refractivity contribution in [2.45, 2.75) is 83.7 Å². The van der Waals surface area contributed by atoms with Crippen LogP contribution >= 0.6 is 0 Å². The van der Waals surface area contributed by atoms with Crippen molar-refractivity contribution < 1.29 is 38.0 Å². The van der Waals surface area contributed by atoms with E-state index < -0.39 is 19.6 Å². The van der Waals surface area contributed by atoms with Crippen molar-refractivity contribution in [3.05, 3.63) is 107 Å². The number of hydrogen-bond acceptors (Lipinski definition) is 8. The van der Waals surface area contributed by atoms with E-state index in [0.717, 1.165) is 39.3 Å². The number of benzene rings is 4. The van der Waals surface area contributed by atoms with Gasteiger partial charge in [-0.1, -0.05) is 86.4 Å². The van der Waals surface area contributed by atoms with E-state index in [4.69, 9.17) is 28.4 Å². The molecule has 1 amide bonds. The van der Waals surface area contributed by atoms with E-state index in [1.54, 1.807) is 36.3 Å². The molecule has 0 spiro atoms. The maximum atomic E-state index is 13.2. The van der Waals surface area contributed by atoms with Crippen molar-refractivity contribution in [3.63, 3.8) is 0 Å². The van der Waals surface area contributed by atoms with Crippen LogP contribution in [0.1, 0.15) is 60.2 Å². The molecule has 278 valence electrons. The average molecular weight is 728 g/mol. The Morgan fingerprint density at radius 2 is 1.67 bits per heavy atom. The average Bonchev–Trinajstić information content (AvgIpc) is 3.12. The molecule has 0 aromatic heterocycles. The summed E-state index contributed by atoms with van der Waals surface area (Å²) in [4.78, 5) is 27.6. The molecule has 2 atom stereocenters. The third kappa shape index (κ3) is 11.1. The zero-order chi connectivity index (χ0) is 37.3. The van der Waals surface area contributed by atoms with Crippen molar-refractivity contribution >= 4 is 30.9 Å². The number of carbonyl (C=O) groups excluding carboxylic acids is 2. The van der Waals surface area contributed by atoms with Crippen molar-refractivity contribution in [2.24, 2.45) is 0 Å². The smallest absolute Gasteiger partial charge is 0.410 e. The number of carbonyl (C=O) groups is 2. The Kier molecular flexibility index (Phi) is 13.0. The van der Waals surface area contributed by atoms with Crippen molar-refractivity contribution in [1.82, 2.24) is 4.90 Å². The number of hydrogen-bond donors (Lipinski definition) is 0. The molecule has 4 aromatic rings. The second-order valence-corrected chi connectivity index (χ2v) is 21.1. The Morgan fingerprint density at radius 3 is 2.40 bits per heavy atom. The van der Waals surface area contributed by atoms with Gasteiger partial charge < -0.3 is 33.3 Å². The predicted molar refractivity (Wildman–Crippen MR) is 206 cm³/mol. The monoisotopic (exact) mass is 727 g/mol. The lowest BCUT2D eigenvalue weighted by molar-refractivity contribution is -0.0372. The summed E-state index contributed by atoms with van der Waals surface area (Å²) in [7, 11) is 0.337. The van der Waals surface area contributed by atoms with Crippen LogP contribution in [-0.4, -0.2) is 70.3 Å². The molecule has 5 rings (SSSR count). The van der Waals surface area contributed by atoms with Gasteiger partial charge in [-0.25, -0.2) is 9.59 Å². The molecule has 1 aliphatic heterocycles. The molecule has 9 nitrogen and oxygen atoms in total. The minimum absolute atomic E-state index is 0.0155. The summed E-state index contributed by atoms with van der Waals surface area (Å²) >= 11 is 0. The van der Waals surface area contributed by atoms with Crippen molar-refractivity contribution in [1.29, 1.82) is 0 Å². The molecule has 0 saturated carbocycles. The molecule has 0 radical (unpaired) electrons. The molecular weight excluding hydrogens is 675 g/mol. The number of fused-ring (bicyclic) bond motifs is 1. The molecule has 2 unspecified atom stereocenters. The Hall–Kier alpha value is -4.38. The second-order valence-electron chi connectivity index (χ2n) is 15.5. The van der Waals surface area contributed by atoms with E-state index in [9.17, 15) is 9.59 Å². The zero-order valence-corrected chi connectivity index (χ0v) is 32.6. The normalized spacial score (nSPS) is 16.4. The van der Waals surface area contributed by atoms with E-state index in [0.29, 0.717) is 37.4 Å². The van der Waals surface area contributed by atoms with Crippen LogP contribution in [0.3, 0.4) is 0 Å². The predicted octanol–water partition coefficient (Wildman–Crippen LogP) is 9.21. The Bertz CT molecular complexity index is 1800. The number of ether oxygens (including phenoxy) is 6. The first kappa shape index (κ1) is 38.8. The second kappa shape index (κ2) is 17.4. The number of likely N-dealkylation sites (tertiary alicyclic amines) is 1. The highest BCUT2D eigenvalue weighted by Crippen LogP contribution is 2.35. The summed E-state index contributed by atoms with van der Waals surface area (Å²) in [6, 6.07) is 28.3. The van der Waals surface area contributed by atoms with Crippen LogP contribution < -0.4 is 9.47 Å². The fourth-order valence-electron chi connectivity index (χ4n) is 6.11. The summed E-state index contributed by atoms with van der Waals surface area (Å²) in [5.41, 5.74) is 2.69. The fraction of sp³-hybridized carbons (Fsp3) is 0.429. The molecule has 1 saturated heterocycles. The lowest BCUT2D eigenvalue weighted by atomic mass is 9.86. The van der Waals surface area contributed by atoms with Gasteiger partial charge in [0.25, 0.3) is 0 Å². The van der Waals surface area contributed by atoms with Gasteiger partial charge in [-0.3, -0.25) is 0 Å². The van der Waals surface area contributed by atoms with Crippen LogP contribution in [0.4, 0.5) is 4.79 Å². The highest BCUT2D eigenvalue weighted by Gasteiger charge is 2.35. The van der Waals surface area contributed by atoms with E-state index in [-0.39, 0.29) is 38.1 Å². The van der Waals surface area contributed by atoms with E-state index in [1.807, 2.05) is 51.1 Å². The SMILES string of the molecule is COc1cccc(C(=O)OCc2ccc(C3CCN(C(=O)OC(C)(C)C)CC3OCc3ccc4ccccc4c3OCOCC[Si](C)(C)C)cc2)c1. The summed E-state index contributed by atoms with van der Waals surface area (Å²) < 4.78 is 35.5. The van der Waals surface area contributed by atoms with Crippen LogP contribution in [0.2, 0.25) is 25.7 Å². The topological polar surface area (TPSA) is 92.8 Å². The molecular formula is C42H53NO8Si. The first-order valence-electron chi connectivity index (χ1n) is 18.0. The molecule has 0 aliphatic carbocycles. The van der Waals surface area contributed by atoms with Crippen molar-refractivity contribution in [3.8, 4) is 11.5 Å². The summed E-state index contributed by atoms with van der Waals surface area (Å²) in [6.45, 7) is 14.8. The van der Waals surface area contributed by atoms with E-state index in [1.165, 1.54) is 0 Å². The highest BCUT2D eigenvalue weighted by atomic mass is 28.3. The number of piperidine rings is 1. The van der Waals surface area contributed by atoms with E-state index >= 15 is 0 Å². The maximum Gasteiger partial charge on any atom is 0.410 e. The van der Waals surface area contributed by atoms with Gasteiger partial charge in [0.05, 0.1) is 31.9 Å². The molecule has 0 bridgehead atoms. The molecule has 1 aliphatic rings. The number of amides is 1. The molecule has 0 N–H and O–H groups in total. The number of esters is 1. The lowest BCUT2D eigenvalue weighted by Gasteiger charge is -2.39. The van der Waals surface area contributed by atoms with Gasteiger partial charge in [0, 0.05) is 38.1 Å². The van der Waals surface area contributed by atoms with Crippen LogP contribution in [0.5, 0.6) is 11.5 Å². The number of methoxy groups -OCH3 is 1. The zero-order valence-electron chi connectivity index (χ0n) is 31.6. The van der Waals surface area contributed by atoms with Crippen molar-refractivity contribution in [2.75, 3.05) is 33.6 Å². The minimum Gasteiger partial charge on any atom is -0.497 e. The first-order valence-corrected chi connectivity index (χ1v) is 21.7. The molecule has 1 fully saturated rings. The van der Waals surface area contributed by atoms with Gasteiger partial charge in [-0.05, 0) is 67.9 Å². The summed E-state index contributed by atoms with van der Waals surface area (Å²) in [6.07, 6.45) is 0.0309. The van der Waals surface area contributed by atoms with Gasteiger partial charge >= 0.3 is 12.1 Å². The number of rotatable bonds is 14. The largest absolute Gasteiger partial charge is 0.497 e. The lowest BCUT2D eigenvalue weighted by Crippen LogP contribution is -2.48. The van der Waals surface area contributed by atoms with E-state index in [2.05, 4.69) is 50.0 Å². The minimum atomic E-state index is -1.22. The Labute approximate surface area is 309 Å². The van der Waals surface area contributed by atoms with Crippen LogP contribution in [0.15, 0.2) is 84.9 Å². The van der Waals surface area contributed by atoms with Gasteiger partial charge in [-0.15, -0.1) is 0 Å². The summed E-state index contributed by atoms with van der Waals surface area (Å²) in [5.74, 6) is 0.942. The first-order chi connectivity index (χ1) is 24.8. The quantitative estimate of drug-likeness (QED) is 0.0550. The molecule has 52 heavy (non-hydrogen) atoms. The number of nitrogens with zero attached hydrogens (tertiary/aromatic N) is 1. The fourth-order valence-corrected chi connectivity index (χ4v) is 6.87. The van der Waals surface area contributed by atoms with Crippen LogP contribution in [0.25, 0.3) is 10.8 Å². The third-order valence-electron chi connectivity index (χ3n) is 8.99. The third-order valence-corrected chi connectivity index (χ3v) is 10.7. The Balaban J connectivity index is 1.31. The molecule has 10 heteroatoms. The maximum absolute atomic E-state index is 13.2. The van der Waals surface area contributed by atoms with Gasteiger partial charge in [0.15, 0.2) is 6.79 Å². The van der Waals surface area contributed by atoms with Crippen LogP contribution in [-0.2, 0) is 32.2 Å². The van der Waals surface area contributed by atoms with Crippen LogP contribution in [0, 0.1) is 0 Å². The molecule has 4 aromatic carbocycles. The van der Waals surface area contributed by atoms with Gasteiger partial charge in [0.1, 0.15) is 23.7 Å². The standard InChI is InChI=1S/C42H53NO8Si/c1-42(2,3)51-41(45)43-22-21-36(32-17-15-30(16-18-32)27-49-40(44)33-12-10-13-35(25-33)46-4)38(26-43)48-28-34-20-19-31-11-8-9-14-37(31)39(34)50-29-47-23-24-52(5,6)7/h8-20,25,36,38H,21-24,26-29H2,1-7H3. The highest BCUT2D eigenvalue weighted by molar-refractivity contribution is 6.76. The van der Waals surface area contributed by atoms with Gasteiger partial charge in [0.2, 0.25) is 0 Å². The summed E-state index contributed by atoms with van der Waals surface area (Å²) in [5, 5.41) is 2.07.